The summed E-state index contributed by atoms with van der Waals surface area (Å²) < 4.78 is 6.38. The number of carboxylic acids is 1. The van der Waals surface area contributed by atoms with Crippen LogP contribution in [0.2, 0.25) is 0 Å². The molecule has 4 nitrogen and oxygen atoms in total. The number of ether oxygens (including phenoxy) is 1. The zero-order chi connectivity index (χ0) is 18.8. The summed E-state index contributed by atoms with van der Waals surface area (Å²) in [5.74, 6) is 0.832. The number of aliphatic carboxylic acids is 1. The first-order valence-electron chi connectivity index (χ1n) is 9.67. The number of H-pyrrole nitrogens is 1. The van der Waals surface area contributed by atoms with Crippen molar-refractivity contribution in [2.24, 2.45) is 5.92 Å². The maximum atomic E-state index is 10.9. The molecule has 4 rings (SSSR count). The summed E-state index contributed by atoms with van der Waals surface area (Å²) in [5.41, 5.74) is 4.27. The zero-order valence-corrected chi connectivity index (χ0v) is 15.6. The topological polar surface area (TPSA) is 62.3 Å². The van der Waals surface area contributed by atoms with Crippen molar-refractivity contribution >= 4 is 16.9 Å². The number of aromatic amines is 1. The molecule has 1 aliphatic carbocycles. The number of aryl methyl sites for hydroxylation is 1. The number of rotatable bonds is 6. The average Bonchev–Trinajstić information content (AvgIpc) is 3.28. The molecule has 0 bridgehead atoms. The molecular formula is C23H25NO3. The van der Waals surface area contributed by atoms with Gasteiger partial charge in [-0.1, -0.05) is 19.1 Å². The van der Waals surface area contributed by atoms with E-state index in [2.05, 4.69) is 42.2 Å². The molecule has 1 aromatic heterocycles. The minimum atomic E-state index is -0.773. The predicted octanol–water partition coefficient (Wildman–Crippen LogP) is 5.42. The first kappa shape index (κ1) is 17.7. The van der Waals surface area contributed by atoms with Crippen LogP contribution in [0.1, 0.15) is 38.2 Å². The van der Waals surface area contributed by atoms with Gasteiger partial charge in [0.25, 0.3) is 0 Å². The second-order valence-electron chi connectivity index (χ2n) is 7.66. The fourth-order valence-electron chi connectivity index (χ4n) is 3.97. The average molecular weight is 363 g/mol. The first-order valence-corrected chi connectivity index (χ1v) is 9.67. The molecule has 27 heavy (non-hydrogen) atoms. The molecule has 1 saturated carbocycles. The van der Waals surface area contributed by atoms with E-state index in [0.717, 1.165) is 46.2 Å². The van der Waals surface area contributed by atoms with Crippen LogP contribution in [0.15, 0.2) is 48.7 Å². The van der Waals surface area contributed by atoms with Crippen LogP contribution >= 0.6 is 0 Å². The highest BCUT2D eigenvalue weighted by atomic mass is 16.5. The summed E-state index contributed by atoms with van der Waals surface area (Å²) >= 11 is 0. The van der Waals surface area contributed by atoms with E-state index in [0.29, 0.717) is 12.3 Å². The standard InChI is InChI=1S/C23H25NO3/c1-15-2-6-19(12-15)27-22-8-3-16(4-9-23(25)26)13-20(22)17-5-7-21-18(14-17)10-11-24-21/h3,5,7-8,10-11,13-15,19,24H,2,4,6,9,12H2,1H3,(H,25,26). The maximum Gasteiger partial charge on any atom is 0.303 e. The summed E-state index contributed by atoms with van der Waals surface area (Å²) in [6, 6.07) is 14.5. The van der Waals surface area contributed by atoms with E-state index in [9.17, 15) is 4.79 Å². The van der Waals surface area contributed by atoms with Crippen molar-refractivity contribution in [3.8, 4) is 16.9 Å². The van der Waals surface area contributed by atoms with E-state index >= 15 is 0 Å². The Balaban J connectivity index is 1.69. The van der Waals surface area contributed by atoms with E-state index < -0.39 is 5.97 Å². The molecule has 0 saturated heterocycles. The van der Waals surface area contributed by atoms with Crippen molar-refractivity contribution in [2.75, 3.05) is 0 Å². The van der Waals surface area contributed by atoms with Crippen molar-refractivity contribution in [1.82, 2.24) is 4.98 Å². The van der Waals surface area contributed by atoms with Crippen molar-refractivity contribution in [2.45, 2.75) is 45.1 Å². The number of carboxylic acid groups (broad SMARTS) is 1. The van der Waals surface area contributed by atoms with Gasteiger partial charge < -0.3 is 14.8 Å². The second-order valence-corrected chi connectivity index (χ2v) is 7.66. The Morgan fingerprint density at radius 1 is 1.19 bits per heavy atom. The number of hydrogen-bond acceptors (Lipinski definition) is 2. The largest absolute Gasteiger partial charge is 0.490 e. The molecule has 4 heteroatoms. The Morgan fingerprint density at radius 2 is 2.07 bits per heavy atom. The third-order valence-corrected chi connectivity index (χ3v) is 5.48. The lowest BCUT2D eigenvalue weighted by molar-refractivity contribution is -0.136. The molecule has 1 aliphatic rings. The normalized spacial score (nSPS) is 19.4. The third kappa shape index (κ3) is 4.00. The van der Waals surface area contributed by atoms with E-state index in [4.69, 9.17) is 9.84 Å². The Morgan fingerprint density at radius 3 is 2.85 bits per heavy atom. The molecule has 2 N–H and O–H groups in total. The van der Waals surface area contributed by atoms with Crippen LogP contribution in [-0.4, -0.2) is 22.2 Å². The van der Waals surface area contributed by atoms with E-state index in [1.807, 2.05) is 18.3 Å². The second kappa shape index (κ2) is 7.47. The molecule has 140 valence electrons. The van der Waals surface area contributed by atoms with Gasteiger partial charge in [0, 0.05) is 23.7 Å². The van der Waals surface area contributed by atoms with Crippen LogP contribution in [0.4, 0.5) is 0 Å². The molecule has 2 unspecified atom stereocenters. The fraction of sp³-hybridized carbons (Fsp3) is 0.348. The van der Waals surface area contributed by atoms with E-state index in [1.54, 1.807) is 0 Å². The molecule has 1 heterocycles. The predicted molar refractivity (Wildman–Crippen MR) is 107 cm³/mol. The van der Waals surface area contributed by atoms with Gasteiger partial charge in [-0.2, -0.15) is 0 Å². The monoisotopic (exact) mass is 363 g/mol. The number of fused-ring (bicyclic) bond motifs is 1. The van der Waals surface area contributed by atoms with Crippen LogP contribution in [-0.2, 0) is 11.2 Å². The van der Waals surface area contributed by atoms with Gasteiger partial charge in [0.1, 0.15) is 5.75 Å². The SMILES string of the molecule is CC1CCC(Oc2ccc(CCC(=O)O)cc2-c2ccc3[nH]ccc3c2)C1. The molecule has 0 aliphatic heterocycles. The van der Waals surface area contributed by atoms with Gasteiger partial charge in [-0.05, 0) is 78.4 Å². The van der Waals surface area contributed by atoms with Gasteiger partial charge in [0.15, 0.2) is 0 Å². The molecule has 1 fully saturated rings. The summed E-state index contributed by atoms with van der Waals surface area (Å²) in [6.07, 6.45) is 6.27. The van der Waals surface area contributed by atoms with Crippen LogP contribution in [0, 0.1) is 5.92 Å². The quantitative estimate of drug-likeness (QED) is 0.615. The first-order chi connectivity index (χ1) is 13.1. The van der Waals surface area contributed by atoms with Gasteiger partial charge in [-0.25, -0.2) is 0 Å². The molecule has 3 aromatic rings. The molecule has 0 spiro atoms. The van der Waals surface area contributed by atoms with Gasteiger partial charge in [0.2, 0.25) is 0 Å². The van der Waals surface area contributed by atoms with E-state index in [1.165, 1.54) is 6.42 Å². The van der Waals surface area contributed by atoms with Gasteiger partial charge >= 0.3 is 5.97 Å². The summed E-state index contributed by atoms with van der Waals surface area (Å²) in [7, 11) is 0. The molecule has 0 amide bonds. The lowest BCUT2D eigenvalue weighted by atomic mass is 9.98. The number of benzene rings is 2. The van der Waals surface area contributed by atoms with Gasteiger partial charge in [-0.3, -0.25) is 4.79 Å². The fourth-order valence-corrected chi connectivity index (χ4v) is 3.97. The molecule has 2 atom stereocenters. The Labute approximate surface area is 159 Å². The number of aromatic nitrogens is 1. The van der Waals surface area contributed by atoms with Crippen LogP contribution in [0.3, 0.4) is 0 Å². The third-order valence-electron chi connectivity index (χ3n) is 5.48. The van der Waals surface area contributed by atoms with Crippen LogP contribution in [0.25, 0.3) is 22.0 Å². The number of carbonyl (C=O) groups is 1. The summed E-state index contributed by atoms with van der Waals surface area (Å²) in [5, 5.41) is 10.2. The lowest BCUT2D eigenvalue weighted by Crippen LogP contribution is -2.12. The smallest absolute Gasteiger partial charge is 0.303 e. The highest BCUT2D eigenvalue weighted by Crippen LogP contribution is 2.36. The van der Waals surface area contributed by atoms with Crippen molar-refractivity contribution in [3.63, 3.8) is 0 Å². The molecular weight excluding hydrogens is 338 g/mol. The summed E-state index contributed by atoms with van der Waals surface area (Å²) in [6.45, 7) is 2.28. The number of hydrogen-bond donors (Lipinski definition) is 2. The van der Waals surface area contributed by atoms with E-state index in [-0.39, 0.29) is 12.5 Å². The van der Waals surface area contributed by atoms with Crippen molar-refractivity contribution in [3.05, 3.63) is 54.2 Å². The van der Waals surface area contributed by atoms with Crippen LogP contribution in [0.5, 0.6) is 5.75 Å². The lowest BCUT2D eigenvalue weighted by Gasteiger charge is -2.18. The Bertz CT molecular complexity index is 959. The van der Waals surface area contributed by atoms with Crippen molar-refractivity contribution < 1.29 is 14.6 Å². The highest BCUT2D eigenvalue weighted by molar-refractivity contribution is 5.86. The van der Waals surface area contributed by atoms with Gasteiger partial charge in [0.05, 0.1) is 6.10 Å². The Hall–Kier alpha value is -2.75. The minimum Gasteiger partial charge on any atom is -0.490 e. The number of nitrogens with one attached hydrogen (secondary N) is 1. The van der Waals surface area contributed by atoms with Gasteiger partial charge in [-0.15, -0.1) is 0 Å². The Kier molecular flexibility index (Phi) is 4.88. The highest BCUT2D eigenvalue weighted by Gasteiger charge is 2.24. The van der Waals surface area contributed by atoms with Crippen molar-refractivity contribution in [1.29, 1.82) is 0 Å². The molecule has 2 aromatic carbocycles. The maximum absolute atomic E-state index is 10.9. The van der Waals surface area contributed by atoms with Crippen LogP contribution < -0.4 is 4.74 Å². The summed E-state index contributed by atoms with van der Waals surface area (Å²) in [4.78, 5) is 14.2. The minimum absolute atomic E-state index is 0.136. The zero-order valence-electron chi connectivity index (χ0n) is 15.6. The molecule has 0 radical (unpaired) electrons.